The molecule has 6 nitrogen and oxygen atoms in total. The first-order valence-corrected chi connectivity index (χ1v) is 10.5. The lowest BCUT2D eigenvalue weighted by Gasteiger charge is -2.32. The van der Waals surface area contributed by atoms with Crippen molar-refractivity contribution in [1.82, 2.24) is 14.9 Å². The molecule has 1 aliphatic heterocycles. The zero-order valence-corrected chi connectivity index (χ0v) is 14.8. The molecule has 3 rings (SSSR count). The third kappa shape index (κ3) is 3.99. The molecule has 2 aliphatic carbocycles. The highest BCUT2D eigenvalue weighted by atomic mass is 32.2. The Labute approximate surface area is 139 Å². The molecule has 0 aromatic rings. The monoisotopic (exact) mass is 343 g/mol. The van der Waals surface area contributed by atoms with Crippen LogP contribution in [0.3, 0.4) is 0 Å². The molecule has 3 aliphatic rings. The first-order chi connectivity index (χ1) is 11.0. The number of carbonyl (C=O) groups excluding carboxylic acids is 1. The molecule has 2 saturated carbocycles. The average molecular weight is 343 g/mol. The Hall–Kier alpha value is -0.820. The fourth-order valence-electron chi connectivity index (χ4n) is 4.26. The van der Waals surface area contributed by atoms with Crippen molar-refractivity contribution in [3.8, 4) is 0 Å². The van der Waals surface area contributed by atoms with Gasteiger partial charge in [0.2, 0.25) is 10.0 Å². The van der Waals surface area contributed by atoms with Crippen LogP contribution in [0.5, 0.6) is 0 Å². The van der Waals surface area contributed by atoms with E-state index >= 15 is 0 Å². The van der Waals surface area contributed by atoms with Gasteiger partial charge in [0.25, 0.3) is 0 Å². The molecule has 2 N–H and O–H groups in total. The number of amides is 2. The molecule has 3 atom stereocenters. The Bertz CT molecular complexity index is 531. The summed E-state index contributed by atoms with van der Waals surface area (Å²) in [5, 5.41) is 2.65. The lowest BCUT2D eigenvalue weighted by atomic mass is 9.85. The van der Waals surface area contributed by atoms with Crippen LogP contribution in [0, 0.1) is 11.8 Å². The van der Waals surface area contributed by atoms with Crippen molar-refractivity contribution in [2.45, 2.75) is 62.7 Å². The summed E-state index contributed by atoms with van der Waals surface area (Å²) < 4.78 is 26.3. The minimum Gasteiger partial charge on any atom is -0.335 e. The molecule has 7 heteroatoms. The minimum atomic E-state index is -3.30. The number of rotatable bonds is 4. The van der Waals surface area contributed by atoms with E-state index in [0.29, 0.717) is 31.5 Å². The third-order valence-electron chi connectivity index (χ3n) is 5.79. The first kappa shape index (κ1) is 17.0. The second-order valence-corrected chi connectivity index (χ2v) is 9.48. The van der Waals surface area contributed by atoms with Crippen LogP contribution < -0.4 is 10.0 Å². The SMILES string of the molecule is CNS(=O)(=O)[C@@H]1CCCN(C(=O)N[C@H]2C[C@@H]2C2CCCCC2)C1. The summed E-state index contributed by atoms with van der Waals surface area (Å²) in [6.45, 7) is 0.957. The minimum absolute atomic E-state index is 0.0793. The summed E-state index contributed by atoms with van der Waals surface area (Å²) >= 11 is 0. The molecule has 1 heterocycles. The number of hydrogen-bond acceptors (Lipinski definition) is 3. The van der Waals surface area contributed by atoms with Gasteiger partial charge in [-0.2, -0.15) is 0 Å². The summed E-state index contributed by atoms with van der Waals surface area (Å²) in [5.74, 6) is 1.44. The maximum atomic E-state index is 12.4. The summed E-state index contributed by atoms with van der Waals surface area (Å²) in [5.41, 5.74) is 0. The average Bonchev–Trinajstić information content (AvgIpc) is 3.35. The first-order valence-electron chi connectivity index (χ1n) is 8.99. The van der Waals surface area contributed by atoms with Crippen LogP contribution in [-0.2, 0) is 10.0 Å². The van der Waals surface area contributed by atoms with E-state index in [9.17, 15) is 13.2 Å². The zero-order chi connectivity index (χ0) is 16.4. The van der Waals surface area contributed by atoms with Crippen LogP contribution >= 0.6 is 0 Å². The summed E-state index contributed by atoms with van der Waals surface area (Å²) in [4.78, 5) is 14.1. The van der Waals surface area contributed by atoms with Crippen molar-refractivity contribution in [3.63, 3.8) is 0 Å². The van der Waals surface area contributed by atoms with Gasteiger partial charge < -0.3 is 10.2 Å². The van der Waals surface area contributed by atoms with E-state index in [4.69, 9.17) is 0 Å². The Morgan fingerprint density at radius 2 is 1.83 bits per heavy atom. The lowest BCUT2D eigenvalue weighted by Crippen LogP contribution is -2.51. The van der Waals surface area contributed by atoms with Gasteiger partial charge in [0.1, 0.15) is 0 Å². The molecule has 0 bridgehead atoms. The second-order valence-electron chi connectivity index (χ2n) is 7.31. The van der Waals surface area contributed by atoms with Gasteiger partial charge in [-0.15, -0.1) is 0 Å². The van der Waals surface area contributed by atoms with Crippen molar-refractivity contribution in [2.75, 3.05) is 20.1 Å². The predicted octanol–water partition coefficient (Wildman–Crippen LogP) is 1.68. The standard InChI is InChI=1S/C16H29N3O3S/c1-17-23(21,22)13-8-5-9-19(11-13)16(20)18-15-10-14(15)12-6-3-2-4-7-12/h12-15,17H,2-11H2,1H3,(H,18,20)/t13-,14-,15+/m1/s1. The van der Waals surface area contributed by atoms with Crippen molar-refractivity contribution in [1.29, 1.82) is 0 Å². The van der Waals surface area contributed by atoms with Crippen LogP contribution in [0.2, 0.25) is 0 Å². The van der Waals surface area contributed by atoms with E-state index in [1.807, 2.05) is 0 Å². The fraction of sp³-hybridized carbons (Fsp3) is 0.938. The Balaban J connectivity index is 1.49. The molecule has 0 unspecified atom stereocenters. The zero-order valence-electron chi connectivity index (χ0n) is 14.0. The number of nitrogens with one attached hydrogen (secondary N) is 2. The van der Waals surface area contributed by atoms with E-state index in [0.717, 1.165) is 18.8 Å². The Morgan fingerprint density at radius 3 is 2.52 bits per heavy atom. The largest absolute Gasteiger partial charge is 0.335 e. The molecule has 0 radical (unpaired) electrons. The van der Waals surface area contributed by atoms with Gasteiger partial charge in [-0.25, -0.2) is 17.9 Å². The maximum absolute atomic E-state index is 12.4. The van der Waals surface area contributed by atoms with E-state index < -0.39 is 15.3 Å². The van der Waals surface area contributed by atoms with Crippen molar-refractivity contribution >= 4 is 16.1 Å². The molecule has 3 fully saturated rings. The molecule has 23 heavy (non-hydrogen) atoms. The molecule has 0 aromatic carbocycles. The summed E-state index contributed by atoms with van der Waals surface area (Å²) in [6, 6.07) is 0.233. The van der Waals surface area contributed by atoms with Gasteiger partial charge in [-0.3, -0.25) is 0 Å². The van der Waals surface area contributed by atoms with Crippen LogP contribution in [-0.4, -0.2) is 50.8 Å². The van der Waals surface area contributed by atoms with Crippen LogP contribution in [0.25, 0.3) is 0 Å². The highest BCUT2D eigenvalue weighted by Gasteiger charge is 2.44. The Kier molecular flexibility index (Phi) is 5.16. The van der Waals surface area contributed by atoms with Gasteiger partial charge in [0.15, 0.2) is 0 Å². The quantitative estimate of drug-likeness (QED) is 0.815. The molecule has 0 aromatic heterocycles. The maximum Gasteiger partial charge on any atom is 0.317 e. The number of sulfonamides is 1. The van der Waals surface area contributed by atoms with Gasteiger partial charge in [0.05, 0.1) is 5.25 Å². The molecule has 1 saturated heterocycles. The van der Waals surface area contributed by atoms with Gasteiger partial charge in [-0.1, -0.05) is 32.1 Å². The number of nitrogens with zero attached hydrogens (tertiary/aromatic N) is 1. The van der Waals surface area contributed by atoms with Crippen molar-refractivity contribution in [3.05, 3.63) is 0 Å². The summed E-state index contributed by atoms with van der Waals surface area (Å²) in [6.07, 6.45) is 9.11. The summed E-state index contributed by atoms with van der Waals surface area (Å²) in [7, 11) is -1.86. The molecular formula is C16H29N3O3S. The normalized spacial score (nSPS) is 32.6. The van der Waals surface area contributed by atoms with Crippen LogP contribution in [0.4, 0.5) is 4.79 Å². The number of urea groups is 1. The van der Waals surface area contributed by atoms with Gasteiger partial charge in [-0.05, 0) is 38.1 Å². The number of hydrogen-bond donors (Lipinski definition) is 2. The number of carbonyl (C=O) groups is 1. The van der Waals surface area contributed by atoms with Crippen molar-refractivity contribution in [2.24, 2.45) is 11.8 Å². The lowest BCUT2D eigenvalue weighted by molar-refractivity contribution is 0.185. The van der Waals surface area contributed by atoms with E-state index in [-0.39, 0.29) is 6.03 Å². The number of likely N-dealkylation sites (tertiary alicyclic amines) is 1. The van der Waals surface area contributed by atoms with Crippen molar-refractivity contribution < 1.29 is 13.2 Å². The molecule has 0 spiro atoms. The van der Waals surface area contributed by atoms with E-state index in [2.05, 4.69) is 10.0 Å². The van der Waals surface area contributed by atoms with E-state index in [1.165, 1.54) is 39.2 Å². The molecular weight excluding hydrogens is 314 g/mol. The smallest absolute Gasteiger partial charge is 0.317 e. The topological polar surface area (TPSA) is 78.5 Å². The number of piperidine rings is 1. The highest BCUT2D eigenvalue weighted by molar-refractivity contribution is 7.90. The molecule has 2 amide bonds. The molecule has 132 valence electrons. The third-order valence-corrected chi connectivity index (χ3v) is 7.62. The van der Waals surface area contributed by atoms with Crippen LogP contribution in [0.15, 0.2) is 0 Å². The van der Waals surface area contributed by atoms with Gasteiger partial charge >= 0.3 is 6.03 Å². The fourth-order valence-corrected chi connectivity index (χ4v) is 5.44. The Morgan fingerprint density at radius 1 is 1.09 bits per heavy atom. The van der Waals surface area contributed by atoms with Crippen LogP contribution in [0.1, 0.15) is 51.4 Å². The van der Waals surface area contributed by atoms with E-state index in [1.54, 1.807) is 4.90 Å². The predicted molar refractivity (Wildman–Crippen MR) is 89.6 cm³/mol. The van der Waals surface area contributed by atoms with Gasteiger partial charge in [0, 0.05) is 19.1 Å². The highest BCUT2D eigenvalue weighted by Crippen LogP contribution is 2.44. The second kappa shape index (κ2) is 6.97.